The average Bonchev–Trinajstić information content (AvgIpc) is 2.66. The van der Waals surface area contributed by atoms with E-state index in [4.69, 9.17) is 35.4 Å². The lowest BCUT2D eigenvalue weighted by Gasteiger charge is -2.36. The number of Topliss-reactive ketones (excluding diaryl/α,β-unsaturated/α-hetero) is 1. The van der Waals surface area contributed by atoms with E-state index in [1.165, 1.54) is 0 Å². The summed E-state index contributed by atoms with van der Waals surface area (Å²) in [6.07, 6.45) is 0. The van der Waals surface area contributed by atoms with Gasteiger partial charge in [-0.05, 0) is 61.1 Å². The molecule has 1 aliphatic rings. The van der Waals surface area contributed by atoms with E-state index in [1.807, 2.05) is 42.5 Å². The molecule has 2 aromatic rings. The zero-order valence-corrected chi connectivity index (χ0v) is 17.4. The summed E-state index contributed by atoms with van der Waals surface area (Å²) in [5.41, 5.74) is 2.75. The zero-order valence-electron chi connectivity index (χ0n) is 15.0. The molecule has 3 rings (SSSR count). The van der Waals surface area contributed by atoms with Gasteiger partial charge in [-0.3, -0.25) is 9.69 Å². The van der Waals surface area contributed by atoms with Crippen LogP contribution in [0.15, 0.2) is 42.5 Å². The summed E-state index contributed by atoms with van der Waals surface area (Å²) in [5, 5.41) is 5.13. The van der Waals surface area contributed by atoms with Crippen LogP contribution in [0.4, 0.5) is 5.69 Å². The molecule has 0 aromatic heterocycles. The third-order valence-electron chi connectivity index (χ3n) is 4.59. The number of hydrogen-bond acceptors (Lipinski definition) is 3. The van der Waals surface area contributed by atoms with Crippen molar-refractivity contribution in [2.45, 2.75) is 13.5 Å². The lowest BCUT2D eigenvalue weighted by Crippen LogP contribution is -2.49. The first kappa shape index (κ1) is 20.1. The highest BCUT2D eigenvalue weighted by Gasteiger charge is 2.19. The number of halogens is 2. The fourth-order valence-corrected chi connectivity index (χ4v) is 3.62. The molecule has 142 valence electrons. The van der Waals surface area contributed by atoms with Crippen LogP contribution in [0.25, 0.3) is 0 Å². The van der Waals surface area contributed by atoms with Crippen molar-refractivity contribution in [3.63, 3.8) is 0 Å². The molecule has 0 radical (unpaired) electrons. The molecule has 1 saturated heterocycles. The summed E-state index contributed by atoms with van der Waals surface area (Å²) in [6.45, 7) is 5.97. The molecule has 7 heteroatoms. The molecule has 27 heavy (non-hydrogen) atoms. The second-order valence-corrected chi connectivity index (χ2v) is 7.78. The Bertz CT molecular complexity index is 834. The molecule has 0 spiro atoms. The van der Waals surface area contributed by atoms with Gasteiger partial charge in [-0.25, -0.2) is 0 Å². The first-order chi connectivity index (χ1) is 12.9. The lowest BCUT2D eigenvalue weighted by molar-refractivity contribution is 0.101. The van der Waals surface area contributed by atoms with E-state index in [0.717, 1.165) is 44.0 Å². The van der Waals surface area contributed by atoms with Crippen LogP contribution in [0.3, 0.4) is 0 Å². The standard InChI is InChI=1S/C20H21Cl2N3OS/c1-14(26)16-3-5-17(6-4-16)23-20(27)25-10-8-24(9-11-25)13-15-2-7-18(21)19(22)12-15/h2-7,12H,8-11,13H2,1H3,(H,23,27). The predicted octanol–water partition coefficient (Wildman–Crippen LogP) is 4.71. The number of rotatable bonds is 4. The number of thiocarbonyl (C=S) groups is 1. The molecule has 4 nitrogen and oxygen atoms in total. The van der Waals surface area contributed by atoms with Gasteiger partial charge < -0.3 is 10.2 Å². The number of ketones is 1. The van der Waals surface area contributed by atoms with Gasteiger partial charge in [0.1, 0.15) is 0 Å². The van der Waals surface area contributed by atoms with Gasteiger partial charge in [-0.2, -0.15) is 0 Å². The van der Waals surface area contributed by atoms with E-state index in [2.05, 4.69) is 15.1 Å². The molecular formula is C20H21Cl2N3OS. The van der Waals surface area contributed by atoms with Crippen LogP contribution in [0, 0.1) is 0 Å². The van der Waals surface area contributed by atoms with Gasteiger partial charge in [-0.15, -0.1) is 0 Å². The van der Waals surface area contributed by atoms with Crippen LogP contribution in [0.2, 0.25) is 10.0 Å². The first-order valence-electron chi connectivity index (χ1n) is 8.75. The molecule has 0 atom stereocenters. The smallest absolute Gasteiger partial charge is 0.173 e. The molecule has 1 heterocycles. The largest absolute Gasteiger partial charge is 0.346 e. The van der Waals surface area contributed by atoms with Gasteiger partial charge in [0.15, 0.2) is 10.9 Å². The fourth-order valence-electron chi connectivity index (χ4n) is 3.00. The van der Waals surface area contributed by atoms with Crippen molar-refractivity contribution in [1.82, 2.24) is 9.80 Å². The maximum absolute atomic E-state index is 11.4. The Morgan fingerprint density at radius 3 is 2.30 bits per heavy atom. The zero-order chi connectivity index (χ0) is 19.4. The number of hydrogen-bond donors (Lipinski definition) is 1. The Balaban J connectivity index is 1.50. The van der Waals surface area contributed by atoms with Gasteiger partial charge in [-0.1, -0.05) is 29.3 Å². The first-order valence-corrected chi connectivity index (χ1v) is 9.92. The molecular weight excluding hydrogens is 401 g/mol. The van der Waals surface area contributed by atoms with Gasteiger partial charge in [0.25, 0.3) is 0 Å². The van der Waals surface area contributed by atoms with Gasteiger partial charge in [0, 0.05) is 44.0 Å². The molecule has 0 unspecified atom stereocenters. The third-order valence-corrected chi connectivity index (χ3v) is 5.69. The monoisotopic (exact) mass is 421 g/mol. The summed E-state index contributed by atoms with van der Waals surface area (Å²) in [7, 11) is 0. The summed E-state index contributed by atoms with van der Waals surface area (Å²) in [4.78, 5) is 15.9. The molecule has 0 saturated carbocycles. The van der Waals surface area contributed by atoms with Gasteiger partial charge in [0.2, 0.25) is 0 Å². The van der Waals surface area contributed by atoms with E-state index in [9.17, 15) is 4.79 Å². The van der Waals surface area contributed by atoms with Crippen molar-refractivity contribution in [3.05, 3.63) is 63.6 Å². The highest BCUT2D eigenvalue weighted by Crippen LogP contribution is 2.23. The van der Waals surface area contributed by atoms with Crippen LogP contribution in [-0.2, 0) is 6.54 Å². The fraction of sp³-hybridized carbons (Fsp3) is 0.300. The Morgan fingerprint density at radius 1 is 1.04 bits per heavy atom. The number of nitrogens with one attached hydrogen (secondary N) is 1. The Labute approximate surface area is 175 Å². The predicted molar refractivity (Wildman–Crippen MR) is 116 cm³/mol. The van der Waals surface area contributed by atoms with Crippen LogP contribution in [0.1, 0.15) is 22.8 Å². The normalized spacial score (nSPS) is 14.9. The van der Waals surface area contributed by atoms with Crippen molar-refractivity contribution in [1.29, 1.82) is 0 Å². The summed E-state index contributed by atoms with van der Waals surface area (Å²) >= 11 is 17.6. The molecule has 1 fully saturated rings. The number of piperazine rings is 1. The topological polar surface area (TPSA) is 35.6 Å². The minimum Gasteiger partial charge on any atom is -0.346 e. The van der Waals surface area contributed by atoms with E-state index in [1.54, 1.807) is 6.92 Å². The van der Waals surface area contributed by atoms with Crippen molar-refractivity contribution in [2.24, 2.45) is 0 Å². The molecule has 1 N–H and O–H groups in total. The Morgan fingerprint density at radius 2 is 1.70 bits per heavy atom. The highest BCUT2D eigenvalue weighted by atomic mass is 35.5. The van der Waals surface area contributed by atoms with E-state index in [-0.39, 0.29) is 5.78 Å². The lowest BCUT2D eigenvalue weighted by atomic mass is 10.1. The minimum atomic E-state index is 0.0576. The van der Waals surface area contributed by atoms with Crippen LogP contribution in [-0.4, -0.2) is 46.9 Å². The van der Waals surface area contributed by atoms with Crippen molar-refractivity contribution < 1.29 is 4.79 Å². The summed E-state index contributed by atoms with van der Waals surface area (Å²) in [5.74, 6) is 0.0576. The minimum absolute atomic E-state index is 0.0576. The molecule has 0 aliphatic carbocycles. The quantitative estimate of drug-likeness (QED) is 0.571. The number of carbonyl (C=O) groups is 1. The van der Waals surface area contributed by atoms with Gasteiger partial charge >= 0.3 is 0 Å². The van der Waals surface area contributed by atoms with E-state index < -0.39 is 0 Å². The van der Waals surface area contributed by atoms with E-state index >= 15 is 0 Å². The van der Waals surface area contributed by atoms with Crippen molar-refractivity contribution in [2.75, 3.05) is 31.5 Å². The van der Waals surface area contributed by atoms with Crippen LogP contribution in [0.5, 0.6) is 0 Å². The average molecular weight is 422 g/mol. The van der Waals surface area contributed by atoms with Crippen molar-refractivity contribution >= 4 is 52.0 Å². The molecule has 1 aliphatic heterocycles. The maximum Gasteiger partial charge on any atom is 0.173 e. The second-order valence-electron chi connectivity index (χ2n) is 6.58. The van der Waals surface area contributed by atoms with Crippen molar-refractivity contribution in [3.8, 4) is 0 Å². The van der Waals surface area contributed by atoms with Gasteiger partial charge in [0.05, 0.1) is 10.0 Å². The Kier molecular flexibility index (Phi) is 6.71. The highest BCUT2D eigenvalue weighted by molar-refractivity contribution is 7.80. The SMILES string of the molecule is CC(=O)c1ccc(NC(=S)N2CCN(Cc3ccc(Cl)c(Cl)c3)CC2)cc1. The molecule has 2 aromatic carbocycles. The van der Waals surface area contributed by atoms with Crippen LogP contribution < -0.4 is 5.32 Å². The molecule has 0 amide bonds. The number of benzene rings is 2. The number of carbonyl (C=O) groups excluding carboxylic acids is 1. The maximum atomic E-state index is 11.4. The third kappa shape index (κ3) is 5.42. The second kappa shape index (κ2) is 9.02. The summed E-state index contributed by atoms with van der Waals surface area (Å²) < 4.78 is 0. The number of anilines is 1. The Hall–Kier alpha value is -1.66. The van der Waals surface area contributed by atoms with Crippen LogP contribution >= 0.6 is 35.4 Å². The molecule has 0 bridgehead atoms. The number of nitrogens with zero attached hydrogens (tertiary/aromatic N) is 2. The van der Waals surface area contributed by atoms with E-state index in [0.29, 0.717) is 20.7 Å². The summed E-state index contributed by atoms with van der Waals surface area (Å²) in [6, 6.07) is 13.1.